The van der Waals surface area contributed by atoms with Gasteiger partial charge in [-0.2, -0.15) is 0 Å². The molecule has 0 aliphatic carbocycles. The molecule has 0 aliphatic rings. The van der Waals surface area contributed by atoms with Crippen molar-refractivity contribution >= 4 is 35.0 Å². The second-order valence-electron chi connectivity index (χ2n) is 3.04. The number of carbonyl (C=O) groups excluding carboxylic acids is 2. The summed E-state index contributed by atoms with van der Waals surface area (Å²) in [7, 11) is 0. The molecule has 0 N–H and O–H groups in total. The van der Waals surface area contributed by atoms with Crippen molar-refractivity contribution < 1.29 is 19.8 Å². The fraction of sp³-hybridized carbons (Fsp3) is 0.778. The molecule has 0 bridgehead atoms. The van der Waals surface area contributed by atoms with Gasteiger partial charge in [-0.25, -0.2) is 0 Å². The summed E-state index contributed by atoms with van der Waals surface area (Å²) in [6, 6.07) is 0. The van der Waals surface area contributed by atoms with Crippen LogP contribution in [0.1, 0.15) is 39.0 Å². The van der Waals surface area contributed by atoms with Gasteiger partial charge in [-0.15, -0.1) is 0 Å². The molecular formula is C9H14MgO4. The third-order valence-electron chi connectivity index (χ3n) is 1.92. The third-order valence-corrected chi connectivity index (χ3v) is 1.92. The molecule has 0 heterocycles. The Kier molecular flexibility index (Phi) is 10.7. The van der Waals surface area contributed by atoms with E-state index in [4.69, 9.17) is 0 Å². The smallest absolute Gasteiger partial charge is 0.549 e. The van der Waals surface area contributed by atoms with Crippen LogP contribution in [0.5, 0.6) is 0 Å². The molecule has 0 rings (SSSR count). The molecule has 0 aromatic carbocycles. The first-order chi connectivity index (χ1) is 6.09. The Morgan fingerprint density at radius 2 is 1.57 bits per heavy atom. The van der Waals surface area contributed by atoms with Crippen LogP contribution in [0, 0.1) is 5.92 Å². The summed E-state index contributed by atoms with van der Waals surface area (Å²) in [5.41, 5.74) is 0. The average Bonchev–Trinajstić information content (AvgIpc) is 2.02. The Labute approximate surface area is 99.8 Å². The van der Waals surface area contributed by atoms with Crippen molar-refractivity contribution in [2.45, 2.75) is 39.0 Å². The monoisotopic (exact) mass is 210 g/mol. The standard InChI is InChI=1S/C9H16O4.Mg/c1-2-3-4-5-6-7(8(10)11)9(12)13;/h7H,2-6H2,1H3,(H,10,11)(H,12,13);/q;+2/p-2. The first-order valence-electron chi connectivity index (χ1n) is 4.51. The molecule has 0 aromatic heterocycles. The topological polar surface area (TPSA) is 80.3 Å². The normalized spacial score (nSPS) is 9.57. The number of unbranched alkanes of at least 4 members (excludes halogenated alkanes) is 3. The van der Waals surface area contributed by atoms with Crippen molar-refractivity contribution in [3.05, 3.63) is 0 Å². The van der Waals surface area contributed by atoms with Crippen LogP contribution in [-0.2, 0) is 9.59 Å². The SMILES string of the molecule is CCCCCCC(C(=O)[O-])C(=O)[O-].[Mg+2]. The second kappa shape index (κ2) is 9.27. The average molecular weight is 211 g/mol. The van der Waals surface area contributed by atoms with E-state index in [0.29, 0.717) is 6.42 Å². The summed E-state index contributed by atoms with van der Waals surface area (Å²) in [6.45, 7) is 2.02. The van der Waals surface area contributed by atoms with E-state index in [0.717, 1.165) is 19.3 Å². The molecule has 0 saturated carbocycles. The molecule has 14 heavy (non-hydrogen) atoms. The Morgan fingerprint density at radius 3 is 1.93 bits per heavy atom. The van der Waals surface area contributed by atoms with Crippen molar-refractivity contribution in [2.24, 2.45) is 5.92 Å². The van der Waals surface area contributed by atoms with E-state index in [2.05, 4.69) is 0 Å². The van der Waals surface area contributed by atoms with E-state index in [9.17, 15) is 19.8 Å². The van der Waals surface area contributed by atoms with Gasteiger partial charge in [0.2, 0.25) is 0 Å². The van der Waals surface area contributed by atoms with Crippen LogP contribution < -0.4 is 10.2 Å². The summed E-state index contributed by atoms with van der Waals surface area (Å²) in [5.74, 6) is -4.54. The summed E-state index contributed by atoms with van der Waals surface area (Å²) in [6.07, 6.45) is 3.59. The van der Waals surface area contributed by atoms with Crippen LogP contribution in [0.4, 0.5) is 0 Å². The fourth-order valence-corrected chi connectivity index (χ4v) is 1.11. The van der Waals surface area contributed by atoms with Crippen LogP contribution in [-0.4, -0.2) is 35.0 Å². The van der Waals surface area contributed by atoms with Gasteiger partial charge in [-0.3, -0.25) is 0 Å². The van der Waals surface area contributed by atoms with E-state index in [1.165, 1.54) is 0 Å². The van der Waals surface area contributed by atoms with E-state index in [1.54, 1.807) is 0 Å². The second-order valence-corrected chi connectivity index (χ2v) is 3.04. The zero-order valence-electron chi connectivity index (χ0n) is 8.45. The first-order valence-corrected chi connectivity index (χ1v) is 4.51. The van der Waals surface area contributed by atoms with Gasteiger partial charge in [0.05, 0.1) is 11.9 Å². The van der Waals surface area contributed by atoms with Crippen molar-refractivity contribution in [3.63, 3.8) is 0 Å². The predicted octanol–water partition coefficient (Wildman–Crippen LogP) is -1.31. The molecule has 0 atom stereocenters. The summed E-state index contributed by atoms with van der Waals surface area (Å²) < 4.78 is 0. The van der Waals surface area contributed by atoms with E-state index >= 15 is 0 Å². The minimum atomic E-state index is -1.54. The summed E-state index contributed by atoms with van der Waals surface area (Å²) in [5, 5.41) is 20.5. The molecule has 0 radical (unpaired) electrons. The molecule has 76 valence electrons. The number of aliphatic carboxylic acids is 2. The molecule has 4 nitrogen and oxygen atoms in total. The number of carboxylic acids is 2. The van der Waals surface area contributed by atoms with Gasteiger partial charge >= 0.3 is 23.1 Å². The molecule has 0 spiro atoms. The Bertz CT molecular complexity index is 168. The van der Waals surface area contributed by atoms with Crippen LogP contribution in [0.25, 0.3) is 0 Å². The molecule has 0 amide bonds. The summed E-state index contributed by atoms with van der Waals surface area (Å²) in [4.78, 5) is 20.5. The molecular weight excluding hydrogens is 196 g/mol. The van der Waals surface area contributed by atoms with E-state index in [1.807, 2.05) is 6.92 Å². The van der Waals surface area contributed by atoms with Gasteiger partial charge < -0.3 is 19.8 Å². The minimum absolute atomic E-state index is 0. The van der Waals surface area contributed by atoms with Crippen molar-refractivity contribution in [3.8, 4) is 0 Å². The molecule has 0 fully saturated rings. The number of hydrogen-bond acceptors (Lipinski definition) is 4. The van der Waals surface area contributed by atoms with Gasteiger partial charge in [0.15, 0.2) is 0 Å². The van der Waals surface area contributed by atoms with Crippen LogP contribution in [0.15, 0.2) is 0 Å². The zero-order chi connectivity index (χ0) is 10.3. The van der Waals surface area contributed by atoms with Gasteiger partial charge in [-0.05, 0) is 6.42 Å². The zero-order valence-corrected chi connectivity index (χ0v) is 9.87. The maximum absolute atomic E-state index is 10.3. The Hall–Kier alpha value is -0.294. The summed E-state index contributed by atoms with van der Waals surface area (Å²) >= 11 is 0. The van der Waals surface area contributed by atoms with Gasteiger partial charge in [0, 0.05) is 5.92 Å². The van der Waals surface area contributed by atoms with Crippen molar-refractivity contribution in [1.82, 2.24) is 0 Å². The first kappa shape index (κ1) is 16.1. The van der Waals surface area contributed by atoms with Crippen LogP contribution >= 0.6 is 0 Å². The molecule has 0 aliphatic heterocycles. The van der Waals surface area contributed by atoms with Gasteiger partial charge in [0.25, 0.3) is 0 Å². The molecule has 0 saturated heterocycles. The van der Waals surface area contributed by atoms with Crippen LogP contribution in [0.2, 0.25) is 0 Å². The van der Waals surface area contributed by atoms with Crippen molar-refractivity contribution in [2.75, 3.05) is 0 Å². The van der Waals surface area contributed by atoms with E-state index < -0.39 is 17.9 Å². The number of hydrogen-bond donors (Lipinski definition) is 0. The fourth-order valence-electron chi connectivity index (χ4n) is 1.11. The molecule has 0 aromatic rings. The minimum Gasteiger partial charge on any atom is -0.549 e. The van der Waals surface area contributed by atoms with E-state index in [-0.39, 0.29) is 29.5 Å². The maximum atomic E-state index is 10.3. The number of carboxylic acid groups (broad SMARTS) is 2. The van der Waals surface area contributed by atoms with Crippen LogP contribution in [0.3, 0.4) is 0 Å². The van der Waals surface area contributed by atoms with Crippen molar-refractivity contribution in [1.29, 1.82) is 0 Å². The maximum Gasteiger partial charge on any atom is 2.00 e. The Morgan fingerprint density at radius 1 is 1.07 bits per heavy atom. The third kappa shape index (κ3) is 7.14. The molecule has 0 unspecified atom stereocenters. The number of carbonyl (C=O) groups is 2. The van der Waals surface area contributed by atoms with Gasteiger partial charge in [0.1, 0.15) is 0 Å². The van der Waals surface area contributed by atoms with Gasteiger partial charge in [-0.1, -0.05) is 32.6 Å². The molecule has 5 heteroatoms. The predicted molar refractivity (Wildman–Crippen MR) is 48.0 cm³/mol. The Balaban J connectivity index is 0. The number of rotatable bonds is 7. The quantitative estimate of drug-likeness (QED) is 0.297. The largest absolute Gasteiger partial charge is 2.00 e.